The number of carbonyl (C=O) groups is 1. The van der Waals surface area contributed by atoms with Crippen LogP contribution in [-0.2, 0) is 11.0 Å². The molecule has 0 aliphatic heterocycles. The predicted molar refractivity (Wildman–Crippen MR) is 107 cm³/mol. The number of methoxy groups -OCH3 is 1. The minimum absolute atomic E-state index is 0.122. The number of amides is 1. The van der Waals surface area contributed by atoms with Crippen molar-refractivity contribution in [3.63, 3.8) is 0 Å². The lowest BCUT2D eigenvalue weighted by Crippen LogP contribution is -2.16. The number of aromatic nitrogens is 4. The van der Waals surface area contributed by atoms with E-state index < -0.39 is 17.6 Å². The Morgan fingerprint density at radius 1 is 1.30 bits per heavy atom. The Morgan fingerprint density at radius 3 is 2.73 bits per heavy atom. The van der Waals surface area contributed by atoms with Gasteiger partial charge in [0, 0.05) is 11.2 Å². The monoisotopic (exact) mass is 477 g/mol. The van der Waals surface area contributed by atoms with Gasteiger partial charge < -0.3 is 10.1 Å². The summed E-state index contributed by atoms with van der Waals surface area (Å²) in [7, 11) is 1.50. The van der Waals surface area contributed by atoms with E-state index in [4.69, 9.17) is 27.9 Å². The molecule has 0 bridgehead atoms. The summed E-state index contributed by atoms with van der Waals surface area (Å²) in [6.45, 7) is 0. The summed E-state index contributed by atoms with van der Waals surface area (Å²) in [5.74, 6) is 0.0937. The van der Waals surface area contributed by atoms with E-state index >= 15 is 0 Å². The topological polar surface area (TPSA) is 92.8 Å². The minimum Gasteiger partial charge on any atom is -0.496 e. The third kappa shape index (κ3) is 5.35. The molecular weight excluding hydrogens is 466 g/mol. The number of pyridine rings is 1. The molecule has 0 saturated heterocycles. The van der Waals surface area contributed by atoms with E-state index in [1.807, 2.05) is 0 Å². The van der Waals surface area contributed by atoms with Crippen LogP contribution in [0.15, 0.2) is 35.6 Å². The van der Waals surface area contributed by atoms with Gasteiger partial charge in [-0.2, -0.15) is 13.2 Å². The van der Waals surface area contributed by atoms with Crippen molar-refractivity contribution >= 4 is 46.7 Å². The Hall–Kier alpha value is -2.50. The van der Waals surface area contributed by atoms with Crippen LogP contribution in [-0.4, -0.2) is 38.9 Å². The molecule has 0 atom stereocenters. The number of thioether (sulfide) groups is 1. The van der Waals surface area contributed by atoms with Crippen molar-refractivity contribution in [1.82, 2.24) is 20.2 Å². The first-order valence-electron chi connectivity index (χ1n) is 8.09. The molecule has 30 heavy (non-hydrogen) atoms. The molecule has 2 N–H and O–H groups in total. The van der Waals surface area contributed by atoms with Crippen molar-refractivity contribution < 1.29 is 22.7 Å². The summed E-state index contributed by atoms with van der Waals surface area (Å²) in [5, 5.41) is 9.53. The number of nitrogens with zero attached hydrogens (tertiary/aromatic N) is 3. The number of hydrogen-bond acceptors (Lipinski definition) is 6. The first kappa shape index (κ1) is 22.2. The average molecular weight is 478 g/mol. The number of aromatic amines is 1. The van der Waals surface area contributed by atoms with Crippen molar-refractivity contribution in [2.24, 2.45) is 0 Å². The molecule has 0 fully saturated rings. The highest BCUT2D eigenvalue weighted by molar-refractivity contribution is 7.99. The fraction of sp³-hybridized carbons (Fsp3) is 0.176. The summed E-state index contributed by atoms with van der Waals surface area (Å²) in [6, 6.07) is 5.69. The molecule has 0 spiro atoms. The van der Waals surface area contributed by atoms with Crippen molar-refractivity contribution in [2.75, 3.05) is 18.2 Å². The van der Waals surface area contributed by atoms with Gasteiger partial charge in [0.05, 0.1) is 29.0 Å². The number of alkyl halides is 3. The summed E-state index contributed by atoms with van der Waals surface area (Å²) >= 11 is 12.8. The highest BCUT2D eigenvalue weighted by Crippen LogP contribution is 2.33. The number of rotatable bonds is 6. The predicted octanol–water partition coefficient (Wildman–Crippen LogP) is 4.93. The van der Waals surface area contributed by atoms with Crippen LogP contribution < -0.4 is 10.1 Å². The summed E-state index contributed by atoms with van der Waals surface area (Å²) in [6.07, 6.45) is -3.99. The van der Waals surface area contributed by atoms with Crippen molar-refractivity contribution in [2.45, 2.75) is 11.3 Å². The SMILES string of the molecule is COc1ccc(Cl)cc1-c1nc(SCC(=O)Nc2ncc(C(F)(F)F)cc2Cl)n[nH]1. The molecule has 0 unspecified atom stereocenters. The van der Waals surface area contributed by atoms with E-state index in [0.717, 1.165) is 11.8 Å². The summed E-state index contributed by atoms with van der Waals surface area (Å²) in [5.41, 5.74) is -0.417. The van der Waals surface area contributed by atoms with Gasteiger partial charge in [0.15, 0.2) is 11.6 Å². The van der Waals surface area contributed by atoms with Crippen LogP contribution in [0.2, 0.25) is 10.0 Å². The van der Waals surface area contributed by atoms with Crippen molar-refractivity contribution in [3.8, 4) is 17.1 Å². The van der Waals surface area contributed by atoms with Gasteiger partial charge >= 0.3 is 6.18 Å². The smallest absolute Gasteiger partial charge is 0.417 e. The third-order valence-electron chi connectivity index (χ3n) is 3.64. The van der Waals surface area contributed by atoms with Gasteiger partial charge in [-0.1, -0.05) is 35.0 Å². The molecule has 3 rings (SSSR count). The largest absolute Gasteiger partial charge is 0.496 e. The first-order valence-corrected chi connectivity index (χ1v) is 9.83. The molecule has 158 valence electrons. The molecule has 2 aromatic heterocycles. The molecule has 2 heterocycles. The van der Waals surface area contributed by atoms with E-state index in [9.17, 15) is 18.0 Å². The molecule has 0 aliphatic rings. The second-order valence-electron chi connectivity index (χ2n) is 5.70. The Labute approximate surface area is 182 Å². The fourth-order valence-corrected chi connectivity index (χ4v) is 3.26. The maximum atomic E-state index is 12.6. The molecule has 0 aliphatic carbocycles. The molecule has 1 aromatic carbocycles. The molecule has 13 heteroatoms. The molecular formula is C17H12Cl2F3N5O2S. The lowest BCUT2D eigenvalue weighted by molar-refractivity contribution is -0.137. The van der Waals surface area contributed by atoms with Crippen LogP contribution in [0.1, 0.15) is 5.56 Å². The Morgan fingerprint density at radius 2 is 2.07 bits per heavy atom. The quantitative estimate of drug-likeness (QED) is 0.488. The van der Waals surface area contributed by atoms with E-state index in [2.05, 4.69) is 25.5 Å². The maximum absolute atomic E-state index is 12.6. The van der Waals surface area contributed by atoms with Gasteiger partial charge in [0.25, 0.3) is 0 Å². The second kappa shape index (κ2) is 9.11. The lowest BCUT2D eigenvalue weighted by atomic mass is 10.2. The first-order chi connectivity index (χ1) is 14.2. The number of ether oxygens (including phenoxy) is 1. The Bertz CT molecular complexity index is 1080. The van der Waals surface area contributed by atoms with Crippen molar-refractivity contribution in [3.05, 3.63) is 46.1 Å². The van der Waals surface area contributed by atoms with Gasteiger partial charge in [0.2, 0.25) is 11.1 Å². The normalized spacial score (nSPS) is 11.4. The van der Waals surface area contributed by atoms with E-state index in [1.54, 1.807) is 18.2 Å². The molecule has 3 aromatic rings. The number of anilines is 1. The van der Waals surface area contributed by atoms with Crippen molar-refractivity contribution in [1.29, 1.82) is 0 Å². The number of H-pyrrole nitrogens is 1. The van der Waals surface area contributed by atoms with E-state index in [1.165, 1.54) is 7.11 Å². The van der Waals surface area contributed by atoms with Crippen LogP contribution in [0.5, 0.6) is 5.75 Å². The third-order valence-corrected chi connectivity index (χ3v) is 5.01. The Balaban J connectivity index is 1.63. The molecule has 1 amide bonds. The minimum atomic E-state index is -4.58. The maximum Gasteiger partial charge on any atom is 0.417 e. The molecule has 0 radical (unpaired) electrons. The number of halogens is 5. The van der Waals surface area contributed by atoms with Crippen LogP contribution in [0.25, 0.3) is 11.4 Å². The van der Waals surface area contributed by atoms with E-state index in [0.29, 0.717) is 34.4 Å². The molecule has 0 saturated carbocycles. The average Bonchev–Trinajstić information content (AvgIpc) is 3.16. The zero-order valence-electron chi connectivity index (χ0n) is 15.1. The zero-order valence-corrected chi connectivity index (χ0v) is 17.4. The highest BCUT2D eigenvalue weighted by Gasteiger charge is 2.31. The van der Waals surface area contributed by atoms with Gasteiger partial charge in [-0.05, 0) is 24.3 Å². The second-order valence-corrected chi connectivity index (χ2v) is 7.49. The van der Waals surface area contributed by atoms with Crippen LogP contribution >= 0.6 is 35.0 Å². The lowest BCUT2D eigenvalue weighted by Gasteiger charge is -2.09. The van der Waals surface area contributed by atoms with Crippen LogP contribution in [0.3, 0.4) is 0 Å². The van der Waals surface area contributed by atoms with Gasteiger partial charge in [-0.15, -0.1) is 5.10 Å². The number of hydrogen-bond donors (Lipinski definition) is 2. The van der Waals surface area contributed by atoms with Gasteiger partial charge in [-0.25, -0.2) is 9.97 Å². The zero-order chi connectivity index (χ0) is 21.9. The van der Waals surface area contributed by atoms with E-state index in [-0.39, 0.29) is 21.7 Å². The number of nitrogens with one attached hydrogen (secondary N) is 2. The highest BCUT2D eigenvalue weighted by atomic mass is 35.5. The van der Waals surface area contributed by atoms with Crippen LogP contribution in [0.4, 0.5) is 19.0 Å². The van der Waals surface area contributed by atoms with Gasteiger partial charge in [0.1, 0.15) is 5.75 Å². The molecule has 7 nitrogen and oxygen atoms in total. The fourth-order valence-electron chi connectivity index (χ4n) is 2.28. The Kier molecular flexibility index (Phi) is 6.74. The van der Waals surface area contributed by atoms with Crippen LogP contribution in [0, 0.1) is 0 Å². The standard InChI is InChI=1S/C17H12Cl2F3N5O2S/c1-29-12-3-2-9(18)5-10(12)14-25-16(27-26-14)30-7-13(28)24-15-11(19)4-8(6-23-15)17(20,21)22/h2-6H,7H2,1H3,(H,23,24,28)(H,25,26,27). The summed E-state index contributed by atoms with van der Waals surface area (Å²) in [4.78, 5) is 19.9. The number of benzene rings is 1. The van der Waals surface area contributed by atoms with Gasteiger partial charge in [-0.3, -0.25) is 9.89 Å². The summed E-state index contributed by atoms with van der Waals surface area (Å²) < 4.78 is 43.2. The number of carbonyl (C=O) groups excluding carboxylic acids is 1.